The van der Waals surface area contributed by atoms with Crippen LogP contribution in [0.15, 0.2) is 29.3 Å². The van der Waals surface area contributed by atoms with Gasteiger partial charge >= 0.3 is 0 Å². The van der Waals surface area contributed by atoms with E-state index < -0.39 is 0 Å². The third-order valence-electron chi connectivity index (χ3n) is 4.47. The van der Waals surface area contributed by atoms with E-state index in [-0.39, 0.29) is 11.9 Å². The SMILES string of the molecule is CN=C(NCC(C)Oc1ccc(F)cc1)NC1CCN(CCOC)CC1. The molecule has 1 unspecified atom stereocenters. The predicted octanol–water partition coefficient (Wildman–Crippen LogP) is 1.87. The van der Waals surface area contributed by atoms with Crippen LogP contribution >= 0.6 is 0 Å². The highest BCUT2D eigenvalue weighted by molar-refractivity contribution is 5.80. The highest BCUT2D eigenvalue weighted by Crippen LogP contribution is 2.13. The molecule has 0 bridgehead atoms. The molecule has 0 radical (unpaired) electrons. The predicted molar refractivity (Wildman–Crippen MR) is 102 cm³/mol. The summed E-state index contributed by atoms with van der Waals surface area (Å²) in [4.78, 5) is 6.72. The molecular formula is C19H31FN4O2. The molecule has 6 nitrogen and oxygen atoms in total. The van der Waals surface area contributed by atoms with Crippen molar-refractivity contribution in [2.45, 2.75) is 31.9 Å². The molecule has 1 saturated heterocycles. The maximum absolute atomic E-state index is 12.9. The number of halogens is 1. The number of likely N-dealkylation sites (tertiary alicyclic amines) is 1. The number of nitrogens with zero attached hydrogens (tertiary/aromatic N) is 2. The first kappa shape index (κ1) is 20.5. The van der Waals surface area contributed by atoms with Gasteiger partial charge in [-0.2, -0.15) is 0 Å². The number of hydrogen-bond acceptors (Lipinski definition) is 4. The number of ether oxygens (including phenoxy) is 2. The van der Waals surface area contributed by atoms with Gasteiger partial charge in [-0.15, -0.1) is 0 Å². The molecule has 1 fully saturated rings. The molecule has 26 heavy (non-hydrogen) atoms. The average molecular weight is 366 g/mol. The molecular weight excluding hydrogens is 335 g/mol. The van der Waals surface area contributed by atoms with Crippen molar-refractivity contribution in [1.82, 2.24) is 15.5 Å². The smallest absolute Gasteiger partial charge is 0.191 e. The maximum Gasteiger partial charge on any atom is 0.191 e. The summed E-state index contributed by atoms with van der Waals surface area (Å²) in [7, 11) is 3.51. The molecule has 1 atom stereocenters. The lowest BCUT2D eigenvalue weighted by Crippen LogP contribution is -2.50. The number of rotatable bonds is 8. The van der Waals surface area contributed by atoms with Gasteiger partial charge in [-0.25, -0.2) is 4.39 Å². The van der Waals surface area contributed by atoms with Crippen LogP contribution < -0.4 is 15.4 Å². The summed E-state index contributed by atoms with van der Waals surface area (Å²) in [5.41, 5.74) is 0. The molecule has 2 N–H and O–H groups in total. The molecule has 1 aliphatic heterocycles. The van der Waals surface area contributed by atoms with E-state index in [1.54, 1.807) is 26.3 Å². The van der Waals surface area contributed by atoms with E-state index in [9.17, 15) is 4.39 Å². The maximum atomic E-state index is 12.9. The lowest BCUT2D eigenvalue weighted by molar-refractivity contribution is 0.128. The van der Waals surface area contributed by atoms with Crippen molar-refractivity contribution >= 4 is 5.96 Å². The van der Waals surface area contributed by atoms with Crippen molar-refractivity contribution in [3.05, 3.63) is 30.1 Å². The summed E-state index contributed by atoms with van der Waals surface area (Å²) in [5, 5.41) is 6.78. The molecule has 0 aliphatic carbocycles. The summed E-state index contributed by atoms with van der Waals surface area (Å²) in [6.07, 6.45) is 2.12. The number of nitrogens with one attached hydrogen (secondary N) is 2. The summed E-state index contributed by atoms with van der Waals surface area (Å²) >= 11 is 0. The van der Waals surface area contributed by atoms with Gasteiger partial charge in [0.25, 0.3) is 0 Å². The Bertz CT molecular complexity index is 545. The second-order valence-corrected chi connectivity index (χ2v) is 6.59. The highest BCUT2D eigenvalue weighted by Gasteiger charge is 2.19. The van der Waals surface area contributed by atoms with Crippen molar-refractivity contribution in [1.29, 1.82) is 0 Å². The Morgan fingerprint density at radius 3 is 2.62 bits per heavy atom. The minimum atomic E-state index is -0.263. The van der Waals surface area contributed by atoms with Gasteiger partial charge in [0.1, 0.15) is 17.7 Å². The third kappa shape index (κ3) is 7.17. The first-order valence-electron chi connectivity index (χ1n) is 9.21. The second kappa shape index (κ2) is 11.0. The molecule has 7 heteroatoms. The third-order valence-corrected chi connectivity index (χ3v) is 4.47. The van der Waals surface area contributed by atoms with Gasteiger partial charge in [-0.1, -0.05) is 0 Å². The summed E-state index contributed by atoms with van der Waals surface area (Å²) in [5.74, 6) is 1.18. The molecule has 0 saturated carbocycles. The molecule has 146 valence electrons. The lowest BCUT2D eigenvalue weighted by atomic mass is 10.1. The van der Waals surface area contributed by atoms with Gasteiger partial charge in [0, 0.05) is 39.8 Å². The van der Waals surface area contributed by atoms with Crippen LogP contribution in [-0.2, 0) is 4.74 Å². The Morgan fingerprint density at radius 1 is 1.31 bits per heavy atom. The molecule has 0 spiro atoms. The molecule has 2 rings (SSSR count). The van der Waals surface area contributed by atoms with E-state index in [2.05, 4.69) is 20.5 Å². The number of hydrogen-bond donors (Lipinski definition) is 2. The van der Waals surface area contributed by atoms with Gasteiger partial charge in [0.05, 0.1) is 13.2 Å². The molecule has 0 amide bonds. The van der Waals surface area contributed by atoms with Crippen LogP contribution in [0.2, 0.25) is 0 Å². The number of piperidine rings is 1. The largest absolute Gasteiger partial charge is 0.489 e. The van der Waals surface area contributed by atoms with Gasteiger partial charge in [0.2, 0.25) is 0 Å². The van der Waals surface area contributed by atoms with Crippen molar-refractivity contribution in [2.24, 2.45) is 4.99 Å². The summed E-state index contributed by atoms with van der Waals surface area (Å²) < 4.78 is 23.8. The normalized spacial score (nSPS) is 17.8. The first-order valence-corrected chi connectivity index (χ1v) is 9.21. The molecule has 1 aromatic rings. The Hall–Kier alpha value is -1.86. The minimum Gasteiger partial charge on any atom is -0.489 e. The topological polar surface area (TPSA) is 58.1 Å². The van der Waals surface area contributed by atoms with Gasteiger partial charge < -0.3 is 25.0 Å². The molecule has 1 aromatic carbocycles. The van der Waals surface area contributed by atoms with Gasteiger partial charge in [-0.05, 0) is 44.0 Å². The fourth-order valence-corrected chi connectivity index (χ4v) is 2.94. The van der Waals surface area contributed by atoms with Crippen molar-refractivity contribution in [3.8, 4) is 5.75 Å². The average Bonchev–Trinajstić information content (AvgIpc) is 2.66. The quantitative estimate of drug-likeness (QED) is 0.543. The van der Waals surface area contributed by atoms with Gasteiger partial charge in [-0.3, -0.25) is 4.99 Å². The first-order chi connectivity index (χ1) is 12.6. The van der Waals surface area contributed by atoms with Crippen LogP contribution in [0.25, 0.3) is 0 Å². The molecule has 1 aliphatic rings. The van der Waals surface area contributed by atoms with Crippen LogP contribution in [0.5, 0.6) is 5.75 Å². The number of guanidine groups is 1. The Kier molecular flexibility index (Phi) is 8.64. The van der Waals surface area contributed by atoms with E-state index >= 15 is 0 Å². The van der Waals surface area contributed by atoms with Crippen LogP contribution in [0.1, 0.15) is 19.8 Å². The van der Waals surface area contributed by atoms with E-state index in [0.29, 0.717) is 18.3 Å². The molecule has 1 heterocycles. The number of methoxy groups -OCH3 is 1. The fourth-order valence-electron chi connectivity index (χ4n) is 2.94. The van der Waals surface area contributed by atoms with Crippen LogP contribution in [0, 0.1) is 5.82 Å². The van der Waals surface area contributed by atoms with Crippen molar-refractivity contribution in [2.75, 3.05) is 46.9 Å². The van der Waals surface area contributed by atoms with Crippen LogP contribution in [-0.4, -0.2) is 69.9 Å². The zero-order valence-electron chi connectivity index (χ0n) is 16.0. The fraction of sp³-hybridized carbons (Fsp3) is 0.632. The second-order valence-electron chi connectivity index (χ2n) is 6.59. The standard InChI is InChI=1S/C19H31FN4O2/c1-15(26-18-6-4-16(20)5-7-18)14-22-19(21-2)23-17-8-10-24(11-9-17)12-13-25-3/h4-7,15,17H,8-14H2,1-3H3,(H2,21,22,23). The van der Waals surface area contributed by atoms with E-state index in [1.165, 1.54) is 12.1 Å². The zero-order chi connectivity index (χ0) is 18.8. The van der Waals surface area contributed by atoms with E-state index in [0.717, 1.165) is 45.0 Å². The highest BCUT2D eigenvalue weighted by atomic mass is 19.1. The number of benzene rings is 1. The number of aliphatic imine (C=N–C) groups is 1. The Balaban J connectivity index is 1.68. The Morgan fingerprint density at radius 2 is 2.00 bits per heavy atom. The monoisotopic (exact) mass is 366 g/mol. The lowest BCUT2D eigenvalue weighted by Gasteiger charge is -2.33. The van der Waals surface area contributed by atoms with E-state index in [4.69, 9.17) is 9.47 Å². The zero-order valence-corrected chi connectivity index (χ0v) is 16.0. The molecule has 0 aromatic heterocycles. The van der Waals surface area contributed by atoms with Crippen LogP contribution in [0.3, 0.4) is 0 Å². The van der Waals surface area contributed by atoms with Crippen molar-refractivity contribution in [3.63, 3.8) is 0 Å². The van der Waals surface area contributed by atoms with Crippen molar-refractivity contribution < 1.29 is 13.9 Å². The van der Waals surface area contributed by atoms with Gasteiger partial charge in [0.15, 0.2) is 5.96 Å². The summed E-state index contributed by atoms with van der Waals surface area (Å²) in [6, 6.07) is 6.49. The Labute approximate surface area is 155 Å². The van der Waals surface area contributed by atoms with Crippen LogP contribution in [0.4, 0.5) is 4.39 Å². The summed E-state index contributed by atoms with van der Waals surface area (Å²) in [6.45, 7) is 6.51. The minimum absolute atomic E-state index is 0.0603. The van der Waals surface area contributed by atoms with E-state index in [1.807, 2.05) is 6.92 Å².